The minimum absolute atomic E-state index is 0.111. The molecule has 0 saturated carbocycles. The molecule has 1 aromatic rings. The highest BCUT2D eigenvalue weighted by Crippen LogP contribution is 2.31. The van der Waals surface area contributed by atoms with Gasteiger partial charge in [-0.05, 0) is 23.5 Å². The lowest BCUT2D eigenvalue weighted by Crippen LogP contribution is -2.28. The SMILES string of the molecule is CCC(C)c1ccc([C@H](N)C(F)(F)F)cc1. The Hall–Kier alpha value is -1.03. The van der Waals surface area contributed by atoms with Crippen molar-refractivity contribution in [3.05, 3.63) is 35.4 Å². The molecule has 4 heteroatoms. The molecule has 2 atom stereocenters. The molecule has 0 spiro atoms. The molecule has 0 aliphatic heterocycles. The topological polar surface area (TPSA) is 26.0 Å². The summed E-state index contributed by atoms with van der Waals surface area (Å²) in [4.78, 5) is 0. The number of alkyl halides is 3. The molecule has 90 valence electrons. The van der Waals surface area contributed by atoms with Crippen molar-refractivity contribution in [2.24, 2.45) is 5.73 Å². The molecular formula is C12H16F3N. The summed E-state index contributed by atoms with van der Waals surface area (Å²) in [5, 5.41) is 0. The Bertz CT molecular complexity index is 329. The van der Waals surface area contributed by atoms with Crippen molar-refractivity contribution in [3.8, 4) is 0 Å². The van der Waals surface area contributed by atoms with E-state index in [0.29, 0.717) is 5.92 Å². The molecule has 16 heavy (non-hydrogen) atoms. The highest BCUT2D eigenvalue weighted by molar-refractivity contribution is 5.27. The molecule has 0 bridgehead atoms. The number of nitrogens with two attached hydrogens (primary N) is 1. The lowest BCUT2D eigenvalue weighted by atomic mass is 9.96. The maximum absolute atomic E-state index is 12.3. The van der Waals surface area contributed by atoms with Crippen LogP contribution < -0.4 is 5.73 Å². The third-order valence-electron chi connectivity index (χ3n) is 2.83. The van der Waals surface area contributed by atoms with E-state index >= 15 is 0 Å². The number of rotatable bonds is 3. The van der Waals surface area contributed by atoms with Gasteiger partial charge in [0.1, 0.15) is 6.04 Å². The molecule has 0 aromatic heterocycles. The summed E-state index contributed by atoms with van der Waals surface area (Å²) < 4.78 is 37.0. The van der Waals surface area contributed by atoms with Crippen LogP contribution in [0, 0.1) is 0 Å². The first kappa shape index (κ1) is 13.0. The smallest absolute Gasteiger partial charge is 0.316 e. The standard InChI is InChI=1S/C12H16F3N/c1-3-8(2)9-4-6-10(7-5-9)11(16)12(13,14)15/h4-8,11H,3,16H2,1-2H3/t8?,11-/m0/s1. The zero-order chi connectivity index (χ0) is 12.3. The molecule has 0 aliphatic rings. The van der Waals surface area contributed by atoms with Crippen LogP contribution >= 0.6 is 0 Å². The molecule has 0 amide bonds. The van der Waals surface area contributed by atoms with Crippen LogP contribution in [-0.4, -0.2) is 6.18 Å². The second kappa shape index (κ2) is 4.87. The molecule has 1 nitrogen and oxygen atoms in total. The van der Waals surface area contributed by atoms with Crippen molar-refractivity contribution in [1.82, 2.24) is 0 Å². The van der Waals surface area contributed by atoms with Gasteiger partial charge in [0.2, 0.25) is 0 Å². The van der Waals surface area contributed by atoms with Crippen molar-refractivity contribution in [2.75, 3.05) is 0 Å². The number of benzene rings is 1. The first-order valence-corrected chi connectivity index (χ1v) is 5.28. The first-order valence-electron chi connectivity index (χ1n) is 5.28. The Labute approximate surface area is 93.5 Å². The van der Waals surface area contributed by atoms with Crippen molar-refractivity contribution < 1.29 is 13.2 Å². The van der Waals surface area contributed by atoms with E-state index in [1.807, 2.05) is 13.8 Å². The molecule has 1 aromatic carbocycles. The summed E-state index contributed by atoms with van der Waals surface area (Å²) in [6, 6.07) is 4.46. The summed E-state index contributed by atoms with van der Waals surface area (Å²) in [6.07, 6.45) is -3.41. The molecule has 0 heterocycles. The molecule has 0 aliphatic carbocycles. The van der Waals surface area contributed by atoms with E-state index in [0.717, 1.165) is 12.0 Å². The van der Waals surface area contributed by atoms with Crippen LogP contribution in [-0.2, 0) is 0 Å². The predicted molar refractivity (Wildman–Crippen MR) is 58.1 cm³/mol. The van der Waals surface area contributed by atoms with E-state index in [-0.39, 0.29) is 5.56 Å². The number of hydrogen-bond donors (Lipinski definition) is 1. The van der Waals surface area contributed by atoms with Gasteiger partial charge in [0, 0.05) is 0 Å². The van der Waals surface area contributed by atoms with Gasteiger partial charge in [0.15, 0.2) is 0 Å². The van der Waals surface area contributed by atoms with Crippen LogP contribution in [0.25, 0.3) is 0 Å². The average molecular weight is 231 g/mol. The second-order valence-corrected chi connectivity index (χ2v) is 4.00. The first-order chi connectivity index (χ1) is 7.36. The zero-order valence-corrected chi connectivity index (χ0v) is 9.38. The summed E-state index contributed by atoms with van der Waals surface area (Å²) in [5.41, 5.74) is 6.26. The Morgan fingerprint density at radius 3 is 1.94 bits per heavy atom. The Balaban J connectivity index is 2.87. The van der Waals surface area contributed by atoms with Gasteiger partial charge >= 0.3 is 6.18 Å². The van der Waals surface area contributed by atoms with Gasteiger partial charge < -0.3 is 5.73 Å². The number of hydrogen-bond acceptors (Lipinski definition) is 1. The monoisotopic (exact) mass is 231 g/mol. The molecule has 0 fully saturated rings. The van der Waals surface area contributed by atoms with Crippen molar-refractivity contribution in [2.45, 2.75) is 38.4 Å². The Morgan fingerprint density at radius 1 is 1.12 bits per heavy atom. The van der Waals surface area contributed by atoms with E-state index in [2.05, 4.69) is 0 Å². The lowest BCUT2D eigenvalue weighted by molar-refractivity contribution is -0.149. The van der Waals surface area contributed by atoms with Gasteiger partial charge in [-0.25, -0.2) is 0 Å². The van der Waals surface area contributed by atoms with E-state index in [4.69, 9.17) is 5.73 Å². The third-order valence-corrected chi connectivity index (χ3v) is 2.83. The summed E-state index contributed by atoms with van der Waals surface area (Å²) in [5.74, 6) is 0.358. The van der Waals surface area contributed by atoms with Gasteiger partial charge in [0.25, 0.3) is 0 Å². The van der Waals surface area contributed by atoms with Crippen LogP contribution in [0.5, 0.6) is 0 Å². The minimum Gasteiger partial charge on any atom is -0.316 e. The van der Waals surface area contributed by atoms with Crippen molar-refractivity contribution >= 4 is 0 Å². The van der Waals surface area contributed by atoms with Gasteiger partial charge in [0.05, 0.1) is 0 Å². The second-order valence-electron chi connectivity index (χ2n) is 4.00. The van der Waals surface area contributed by atoms with Crippen LogP contribution in [0.2, 0.25) is 0 Å². The van der Waals surface area contributed by atoms with E-state index in [1.165, 1.54) is 12.1 Å². The molecule has 1 unspecified atom stereocenters. The van der Waals surface area contributed by atoms with Gasteiger partial charge in [-0.3, -0.25) is 0 Å². The molecule has 2 N–H and O–H groups in total. The van der Waals surface area contributed by atoms with Gasteiger partial charge in [-0.1, -0.05) is 38.1 Å². The highest BCUT2D eigenvalue weighted by Gasteiger charge is 2.37. The fourth-order valence-electron chi connectivity index (χ4n) is 1.46. The zero-order valence-electron chi connectivity index (χ0n) is 9.38. The highest BCUT2D eigenvalue weighted by atomic mass is 19.4. The largest absolute Gasteiger partial charge is 0.407 e. The Kier molecular flexibility index (Phi) is 3.97. The maximum atomic E-state index is 12.3. The van der Waals surface area contributed by atoms with Crippen LogP contribution in [0.4, 0.5) is 13.2 Å². The van der Waals surface area contributed by atoms with E-state index < -0.39 is 12.2 Å². The predicted octanol–water partition coefficient (Wildman–Crippen LogP) is 3.76. The maximum Gasteiger partial charge on any atom is 0.407 e. The van der Waals surface area contributed by atoms with Gasteiger partial charge in [-0.15, -0.1) is 0 Å². The minimum atomic E-state index is -4.38. The lowest BCUT2D eigenvalue weighted by Gasteiger charge is -2.17. The van der Waals surface area contributed by atoms with Crippen LogP contribution in [0.15, 0.2) is 24.3 Å². The normalized spacial score (nSPS) is 15.9. The fourth-order valence-corrected chi connectivity index (χ4v) is 1.46. The molecular weight excluding hydrogens is 215 g/mol. The summed E-state index contributed by atoms with van der Waals surface area (Å²) in [7, 11) is 0. The Morgan fingerprint density at radius 2 is 1.56 bits per heavy atom. The average Bonchev–Trinajstić information content (AvgIpc) is 2.26. The molecule has 1 rings (SSSR count). The van der Waals surface area contributed by atoms with E-state index in [9.17, 15) is 13.2 Å². The quantitative estimate of drug-likeness (QED) is 0.842. The third kappa shape index (κ3) is 2.98. The fraction of sp³-hybridized carbons (Fsp3) is 0.500. The van der Waals surface area contributed by atoms with Crippen molar-refractivity contribution in [3.63, 3.8) is 0 Å². The summed E-state index contributed by atoms with van der Waals surface area (Å²) in [6.45, 7) is 4.08. The van der Waals surface area contributed by atoms with Gasteiger partial charge in [-0.2, -0.15) is 13.2 Å². The molecule has 0 saturated heterocycles. The van der Waals surface area contributed by atoms with Crippen LogP contribution in [0.1, 0.15) is 43.4 Å². The summed E-state index contributed by atoms with van der Waals surface area (Å²) >= 11 is 0. The van der Waals surface area contributed by atoms with Crippen molar-refractivity contribution in [1.29, 1.82) is 0 Å². The molecule has 0 radical (unpaired) electrons. The van der Waals surface area contributed by atoms with E-state index in [1.54, 1.807) is 12.1 Å². The van der Waals surface area contributed by atoms with Crippen LogP contribution in [0.3, 0.4) is 0 Å². The number of halogens is 3.